The van der Waals surface area contributed by atoms with Crippen molar-refractivity contribution in [3.63, 3.8) is 0 Å². The summed E-state index contributed by atoms with van der Waals surface area (Å²) in [6.07, 6.45) is 5.66. The number of anilines is 1. The van der Waals surface area contributed by atoms with Gasteiger partial charge in [-0.3, -0.25) is 4.90 Å². The Kier molecular flexibility index (Phi) is 8.28. The number of fused-ring (bicyclic) bond motifs is 1. The molecule has 2 fully saturated rings. The largest absolute Gasteiger partial charge is 0.394 e. The second-order valence-electron chi connectivity index (χ2n) is 8.80. The molecule has 2 aromatic rings. The van der Waals surface area contributed by atoms with Crippen LogP contribution in [0.2, 0.25) is 0 Å². The number of hydrogen-bond acceptors (Lipinski definition) is 9. The first-order valence-corrected chi connectivity index (χ1v) is 13.4. The maximum Gasteiger partial charge on any atom is 0.216 e. The van der Waals surface area contributed by atoms with Crippen molar-refractivity contribution >= 4 is 26.7 Å². The molecule has 1 aromatic heterocycles. The van der Waals surface area contributed by atoms with E-state index in [9.17, 15) is 13.7 Å². The summed E-state index contributed by atoms with van der Waals surface area (Å²) in [6.45, 7) is 2.67. The Morgan fingerprint density at radius 1 is 1.12 bits per heavy atom. The molecule has 4 rings (SSSR count). The van der Waals surface area contributed by atoms with Crippen LogP contribution in [0.5, 0.6) is 0 Å². The lowest BCUT2D eigenvalue weighted by molar-refractivity contribution is 0.0986. The van der Waals surface area contributed by atoms with E-state index in [1.807, 2.05) is 12.1 Å². The average molecular weight is 489 g/mol. The molecule has 0 unspecified atom stereocenters. The summed E-state index contributed by atoms with van der Waals surface area (Å²) >= 11 is 0. The van der Waals surface area contributed by atoms with Gasteiger partial charge in [-0.2, -0.15) is 9.57 Å². The van der Waals surface area contributed by atoms with Gasteiger partial charge in [-0.15, -0.1) is 0 Å². The molecule has 10 nitrogen and oxygen atoms in total. The minimum Gasteiger partial charge on any atom is -0.394 e. The van der Waals surface area contributed by atoms with Crippen molar-refractivity contribution < 1.29 is 18.3 Å². The van der Waals surface area contributed by atoms with Crippen molar-refractivity contribution in [3.8, 4) is 6.07 Å². The van der Waals surface area contributed by atoms with Crippen LogP contribution in [0.3, 0.4) is 0 Å². The molecule has 2 heterocycles. The van der Waals surface area contributed by atoms with Crippen molar-refractivity contribution in [2.75, 3.05) is 57.1 Å². The number of hydrogen-bond donors (Lipinski definition) is 2. The normalized spacial score (nSPS) is 22.5. The monoisotopic (exact) mass is 488 g/mol. The van der Waals surface area contributed by atoms with Crippen LogP contribution < -0.4 is 5.32 Å². The van der Waals surface area contributed by atoms with E-state index >= 15 is 0 Å². The lowest BCUT2D eigenvalue weighted by atomic mass is 9.89. The van der Waals surface area contributed by atoms with Crippen LogP contribution in [0.4, 0.5) is 5.82 Å². The Labute approximate surface area is 200 Å². The molecular weight excluding hydrogens is 456 g/mol. The summed E-state index contributed by atoms with van der Waals surface area (Å²) < 4.78 is 31.7. The minimum atomic E-state index is -3.33. The number of piperazine rings is 1. The topological polar surface area (TPSA) is 132 Å². The van der Waals surface area contributed by atoms with E-state index in [1.165, 1.54) is 0 Å². The molecule has 1 saturated carbocycles. The minimum absolute atomic E-state index is 0.0443. The molecule has 0 atom stereocenters. The fraction of sp³-hybridized carbons (Fsp3) is 0.609. The SMILES string of the molecule is N#Cc1ccc2ncnc(NC3CCC(N4CCN(S(=O)(=O)CCOCCO)CC4)CC3)c2c1. The second kappa shape index (κ2) is 11.4. The number of benzene rings is 1. The zero-order valence-electron chi connectivity index (χ0n) is 19.3. The maximum absolute atomic E-state index is 12.5. The highest BCUT2D eigenvalue weighted by Crippen LogP contribution is 2.28. The number of nitriles is 1. The standard InChI is InChI=1S/C23H32N6O4S/c24-16-18-1-6-22-21(15-18)23(26-17-25-22)27-19-2-4-20(5-3-19)28-7-9-29(10-8-28)34(31,32)14-13-33-12-11-30/h1,6,15,17,19-20,30H,2-5,7-14H2,(H,25,26,27). The third kappa shape index (κ3) is 6.00. The first-order chi connectivity index (χ1) is 16.5. The van der Waals surface area contributed by atoms with E-state index in [2.05, 4.69) is 26.3 Å². The Morgan fingerprint density at radius 2 is 1.88 bits per heavy atom. The van der Waals surface area contributed by atoms with Gasteiger partial charge in [0.1, 0.15) is 12.1 Å². The highest BCUT2D eigenvalue weighted by atomic mass is 32.2. The molecule has 1 aliphatic carbocycles. The highest BCUT2D eigenvalue weighted by molar-refractivity contribution is 7.89. The second-order valence-corrected chi connectivity index (χ2v) is 10.9. The van der Waals surface area contributed by atoms with Gasteiger partial charge in [0.2, 0.25) is 10.0 Å². The van der Waals surface area contributed by atoms with E-state index in [0.717, 1.165) is 55.5 Å². The molecule has 1 aliphatic heterocycles. The van der Waals surface area contributed by atoms with Gasteiger partial charge in [-0.05, 0) is 43.9 Å². The smallest absolute Gasteiger partial charge is 0.216 e. The number of nitrogens with one attached hydrogen (secondary N) is 1. The quantitative estimate of drug-likeness (QED) is 0.499. The van der Waals surface area contributed by atoms with E-state index in [4.69, 9.17) is 9.84 Å². The number of nitrogens with zero attached hydrogens (tertiary/aromatic N) is 5. The van der Waals surface area contributed by atoms with E-state index in [0.29, 0.717) is 30.7 Å². The summed E-state index contributed by atoms with van der Waals surface area (Å²) in [6, 6.07) is 8.38. The molecule has 11 heteroatoms. The van der Waals surface area contributed by atoms with Gasteiger partial charge in [0.15, 0.2) is 0 Å². The molecule has 1 saturated heterocycles. The first-order valence-electron chi connectivity index (χ1n) is 11.8. The zero-order chi connectivity index (χ0) is 24.0. The zero-order valence-corrected chi connectivity index (χ0v) is 20.1. The molecule has 2 aliphatic rings. The Balaban J connectivity index is 1.26. The van der Waals surface area contributed by atoms with Gasteiger partial charge in [-0.1, -0.05) is 0 Å². The predicted octanol–water partition coefficient (Wildman–Crippen LogP) is 1.18. The molecular formula is C23H32N6O4S. The van der Waals surface area contributed by atoms with Crippen LogP contribution in [0.15, 0.2) is 24.5 Å². The van der Waals surface area contributed by atoms with Crippen molar-refractivity contribution in [2.45, 2.75) is 37.8 Å². The summed E-state index contributed by atoms with van der Waals surface area (Å²) in [4.78, 5) is 11.1. The fourth-order valence-electron chi connectivity index (χ4n) is 4.83. The van der Waals surface area contributed by atoms with Crippen molar-refractivity contribution in [3.05, 3.63) is 30.1 Å². The molecule has 0 spiro atoms. The van der Waals surface area contributed by atoms with Crippen LogP contribution in [0, 0.1) is 11.3 Å². The number of ether oxygens (including phenoxy) is 1. The molecule has 0 radical (unpaired) electrons. The molecule has 2 N–H and O–H groups in total. The molecule has 0 bridgehead atoms. The lowest BCUT2D eigenvalue weighted by Gasteiger charge is -2.41. The van der Waals surface area contributed by atoms with Crippen molar-refractivity contribution in [2.24, 2.45) is 0 Å². The van der Waals surface area contributed by atoms with Crippen molar-refractivity contribution in [1.29, 1.82) is 5.26 Å². The number of aliphatic hydroxyl groups is 1. The van der Waals surface area contributed by atoms with Crippen LogP contribution in [0.25, 0.3) is 10.9 Å². The number of sulfonamides is 1. The highest BCUT2D eigenvalue weighted by Gasteiger charge is 2.32. The summed E-state index contributed by atoms with van der Waals surface area (Å²) in [5, 5.41) is 22.4. The average Bonchev–Trinajstić information content (AvgIpc) is 2.87. The number of rotatable bonds is 9. The van der Waals surface area contributed by atoms with Crippen molar-refractivity contribution in [1.82, 2.24) is 19.2 Å². The Morgan fingerprint density at radius 3 is 2.59 bits per heavy atom. The molecule has 0 amide bonds. The van der Waals surface area contributed by atoms with E-state index < -0.39 is 10.0 Å². The van der Waals surface area contributed by atoms with Crippen LogP contribution in [-0.4, -0.2) is 96.5 Å². The summed E-state index contributed by atoms with van der Waals surface area (Å²) in [5.74, 6) is 0.726. The van der Waals surface area contributed by atoms with Gasteiger partial charge in [-0.25, -0.2) is 18.4 Å². The third-order valence-electron chi connectivity index (χ3n) is 6.71. The number of aliphatic hydroxyl groups excluding tert-OH is 1. The van der Waals surface area contributed by atoms with E-state index in [1.54, 1.807) is 16.7 Å². The van der Waals surface area contributed by atoms with Gasteiger partial charge in [0.25, 0.3) is 0 Å². The Bertz CT molecular complexity index is 1110. The van der Waals surface area contributed by atoms with Crippen LogP contribution in [-0.2, 0) is 14.8 Å². The fourth-order valence-corrected chi connectivity index (χ4v) is 6.13. The molecule has 1 aromatic carbocycles. The Hall–Kier alpha value is -2.36. The van der Waals surface area contributed by atoms with Gasteiger partial charge < -0.3 is 15.2 Å². The van der Waals surface area contributed by atoms with Gasteiger partial charge in [0, 0.05) is 43.6 Å². The lowest BCUT2D eigenvalue weighted by Crippen LogP contribution is -2.53. The predicted molar refractivity (Wildman–Crippen MR) is 129 cm³/mol. The van der Waals surface area contributed by atoms with Crippen LogP contribution in [0.1, 0.15) is 31.2 Å². The maximum atomic E-state index is 12.5. The van der Waals surface area contributed by atoms with Gasteiger partial charge >= 0.3 is 0 Å². The molecule has 184 valence electrons. The summed E-state index contributed by atoms with van der Waals surface area (Å²) in [5.41, 5.74) is 1.41. The summed E-state index contributed by atoms with van der Waals surface area (Å²) in [7, 11) is -3.33. The third-order valence-corrected chi connectivity index (χ3v) is 8.54. The van der Waals surface area contributed by atoms with Gasteiger partial charge in [0.05, 0.1) is 42.7 Å². The first kappa shape index (κ1) is 24.8. The van der Waals surface area contributed by atoms with E-state index in [-0.39, 0.29) is 25.6 Å². The number of aromatic nitrogens is 2. The van der Waals surface area contributed by atoms with Crippen LogP contribution >= 0.6 is 0 Å². The molecule has 34 heavy (non-hydrogen) atoms.